The van der Waals surface area contributed by atoms with E-state index in [1.807, 2.05) is 26.8 Å². The van der Waals surface area contributed by atoms with Gasteiger partial charge in [0.2, 0.25) is 0 Å². The Morgan fingerprint density at radius 1 is 1.11 bits per heavy atom. The highest BCUT2D eigenvalue weighted by atomic mass is 16.4. The number of carbonyl (C=O) groups is 1. The molecule has 0 unspecified atom stereocenters. The summed E-state index contributed by atoms with van der Waals surface area (Å²) in [5, 5.41) is 18.3. The van der Waals surface area contributed by atoms with Crippen molar-refractivity contribution in [3.8, 4) is 6.07 Å². The van der Waals surface area contributed by atoms with Crippen molar-refractivity contribution < 1.29 is 9.90 Å². The molecule has 0 atom stereocenters. The number of nitrogens with zero attached hydrogens (tertiary/aromatic N) is 1. The molecular formula is C15H19NO2. The van der Waals surface area contributed by atoms with Crippen molar-refractivity contribution in [2.45, 2.75) is 45.4 Å². The molecule has 0 aliphatic rings. The molecule has 96 valence electrons. The first kappa shape index (κ1) is 14.2. The van der Waals surface area contributed by atoms with E-state index in [1.54, 1.807) is 26.0 Å². The Morgan fingerprint density at radius 2 is 1.61 bits per heavy atom. The largest absolute Gasteiger partial charge is 0.478 e. The maximum atomic E-state index is 11.2. The topological polar surface area (TPSA) is 61.1 Å². The van der Waals surface area contributed by atoms with Gasteiger partial charge in [-0.05, 0) is 42.5 Å². The average molecular weight is 245 g/mol. The van der Waals surface area contributed by atoms with Crippen LogP contribution in [0.5, 0.6) is 0 Å². The Kier molecular flexibility index (Phi) is 3.52. The Labute approximate surface area is 108 Å². The Hall–Kier alpha value is -1.82. The number of carboxylic acids is 1. The van der Waals surface area contributed by atoms with E-state index in [-0.39, 0.29) is 11.0 Å². The molecule has 0 aliphatic heterocycles. The van der Waals surface area contributed by atoms with Crippen molar-refractivity contribution in [1.82, 2.24) is 0 Å². The summed E-state index contributed by atoms with van der Waals surface area (Å²) < 4.78 is 0. The summed E-state index contributed by atoms with van der Waals surface area (Å²) in [5.74, 6) is -0.962. The Bertz CT molecular complexity index is 516. The second-order valence-corrected chi connectivity index (χ2v) is 6.09. The average Bonchev–Trinajstić information content (AvgIpc) is 2.27. The monoisotopic (exact) mass is 245 g/mol. The van der Waals surface area contributed by atoms with Gasteiger partial charge in [-0.25, -0.2) is 4.79 Å². The first-order valence-corrected chi connectivity index (χ1v) is 5.88. The molecule has 0 aromatic heterocycles. The zero-order chi connectivity index (χ0) is 14.1. The van der Waals surface area contributed by atoms with Crippen molar-refractivity contribution in [2.75, 3.05) is 0 Å². The van der Waals surface area contributed by atoms with Crippen LogP contribution < -0.4 is 0 Å². The second-order valence-electron chi connectivity index (χ2n) is 6.09. The fraction of sp³-hybridized carbons (Fsp3) is 0.467. The van der Waals surface area contributed by atoms with Crippen LogP contribution in [0.2, 0.25) is 0 Å². The van der Waals surface area contributed by atoms with Gasteiger partial charge in [-0.2, -0.15) is 5.26 Å². The van der Waals surface area contributed by atoms with Gasteiger partial charge in [-0.1, -0.05) is 26.8 Å². The van der Waals surface area contributed by atoms with Gasteiger partial charge >= 0.3 is 5.97 Å². The molecule has 3 nitrogen and oxygen atoms in total. The molecule has 0 fully saturated rings. The van der Waals surface area contributed by atoms with E-state index in [2.05, 4.69) is 6.07 Å². The number of nitriles is 1. The number of carboxylic acid groups (broad SMARTS) is 1. The maximum absolute atomic E-state index is 11.2. The number of aromatic carboxylic acids is 1. The normalized spacial score (nSPS) is 12.0. The highest BCUT2D eigenvalue weighted by Gasteiger charge is 2.24. The lowest BCUT2D eigenvalue weighted by Gasteiger charge is -2.24. The molecule has 0 saturated heterocycles. The van der Waals surface area contributed by atoms with Crippen molar-refractivity contribution in [3.05, 3.63) is 34.9 Å². The van der Waals surface area contributed by atoms with Gasteiger partial charge in [0.25, 0.3) is 0 Å². The number of hydrogen-bond donors (Lipinski definition) is 1. The molecule has 0 spiro atoms. The number of rotatable bonds is 2. The number of benzene rings is 1. The minimum absolute atomic E-state index is 0.147. The quantitative estimate of drug-likeness (QED) is 0.867. The fourth-order valence-electron chi connectivity index (χ4n) is 1.61. The molecule has 0 aliphatic carbocycles. The van der Waals surface area contributed by atoms with Crippen LogP contribution >= 0.6 is 0 Å². The zero-order valence-corrected chi connectivity index (χ0v) is 11.5. The fourth-order valence-corrected chi connectivity index (χ4v) is 1.61. The molecule has 1 aromatic carbocycles. The summed E-state index contributed by atoms with van der Waals surface area (Å²) in [7, 11) is 0. The minimum Gasteiger partial charge on any atom is -0.478 e. The molecule has 3 heteroatoms. The Balaban J connectivity index is 3.52. The van der Waals surface area contributed by atoms with Crippen molar-refractivity contribution in [2.24, 2.45) is 0 Å². The summed E-state index contributed by atoms with van der Waals surface area (Å²) in [4.78, 5) is 11.2. The molecule has 1 N–H and O–H groups in total. The first-order valence-electron chi connectivity index (χ1n) is 5.88. The summed E-state index contributed by atoms with van der Waals surface area (Å²) in [6.45, 7) is 9.66. The van der Waals surface area contributed by atoms with Crippen LogP contribution in [0, 0.1) is 11.3 Å². The highest BCUT2D eigenvalue weighted by molar-refractivity contribution is 5.88. The van der Waals surface area contributed by atoms with Crippen LogP contribution in [0.25, 0.3) is 0 Å². The molecule has 18 heavy (non-hydrogen) atoms. The van der Waals surface area contributed by atoms with Crippen LogP contribution in [0.15, 0.2) is 18.2 Å². The van der Waals surface area contributed by atoms with E-state index in [1.165, 1.54) is 0 Å². The molecule has 0 heterocycles. The predicted octanol–water partition coefficient (Wildman–Crippen LogP) is 3.48. The van der Waals surface area contributed by atoms with E-state index < -0.39 is 11.4 Å². The third-order valence-electron chi connectivity index (χ3n) is 3.05. The maximum Gasteiger partial charge on any atom is 0.335 e. The molecule has 1 rings (SSSR count). The molecular weight excluding hydrogens is 226 g/mol. The van der Waals surface area contributed by atoms with Crippen molar-refractivity contribution >= 4 is 5.97 Å². The molecule has 0 amide bonds. The highest BCUT2D eigenvalue weighted by Crippen LogP contribution is 2.30. The van der Waals surface area contributed by atoms with E-state index in [0.717, 1.165) is 11.1 Å². The van der Waals surface area contributed by atoms with Crippen molar-refractivity contribution in [1.29, 1.82) is 5.26 Å². The van der Waals surface area contributed by atoms with Gasteiger partial charge in [0.15, 0.2) is 0 Å². The predicted molar refractivity (Wildman–Crippen MR) is 70.7 cm³/mol. The van der Waals surface area contributed by atoms with Gasteiger partial charge in [-0.3, -0.25) is 0 Å². The minimum atomic E-state index is -0.962. The van der Waals surface area contributed by atoms with Gasteiger partial charge in [0, 0.05) is 0 Å². The van der Waals surface area contributed by atoms with Gasteiger partial charge < -0.3 is 5.11 Å². The third-order valence-corrected chi connectivity index (χ3v) is 3.05. The van der Waals surface area contributed by atoms with Crippen molar-refractivity contribution in [3.63, 3.8) is 0 Å². The van der Waals surface area contributed by atoms with Gasteiger partial charge in [0.1, 0.15) is 0 Å². The van der Waals surface area contributed by atoms with Crippen LogP contribution in [-0.2, 0) is 10.8 Å². The standard InChI is InChI=1S/C15H19NO2/c1-14(2,3)11-6-10(13(17)18)7-12(8-11)15(4,5)9-16/h6-8H,1-5H3,(H,17,18). The number of hydrogen-bond acceptors (Lipinski definition) is 2. The lowest BCUT2D eigenvalue weighted by atomic mass is 9.79. The van der Waals surface area contributed by atoms with E-state index >= 15 is 0 Å². The summed E-state index contributed by atoms with van der Waals surface area (Å²) in [5.41, 5.74) is 1.08. The van der Waals surface area contributed by atoms with E-state index in [4.69, 9.17) is 5.11 Å². The third kappa shape index (κ3) is 2.89. The summed E-state index contributed by atoms with van der Waals surface area (Å²) in [6.07, 6.45) is 0. The smallest absolute Gasteiger partial charge is 0.335 e. The van der Waals surface area contributed by atoms with Crippen LogP contribution in [0.1, 0.15) is 56.1 Å². The second kappa shape index (κ2) is 4.45. The van der Waals surface area contributed by atoms with Crippen LogP contribution in [0.4, 0.5) is 0 Å². The zero-order valence-electron chi connectivity index (χ0n) is 11.5. The van der Waals surface area contributed by atoms with E-state index in [0.29, 0.717) is 0 Å². The molecule has 0 saturated carbocycles. The molecule has 0 bridgehead atoms. The molecule has 0 radical (unpaired) electrons. The Morgan fingerprint density at radius 3 is 2.00 bits per heavy atom. The van der Waals surface area contributed by atoms with E-state index in [9.17, 15) is 10.1 Å². The van der Waals surface area contributed by atoms with Crippen LogP contribution in [0.3, 0.4) is 0 Å². The van der Waals surface area contributed by atoms with Gasteiger partial charge in [0.05, 0.1) is 17.0 Å². The van der Waals surface area contributed by atoms with Gasteiger partial charge in [-0.15, -0.1) is 0 Å². The lowest BCUT2D eigenvalue weighted by Crippen LogP contribution is -2.19. The molecule has 1 aromatic rings. The SMILES string of the molecule is CC(C)(C)c1cc(C(=O)O)cc(C(C)(C)C#N)c1. The summed E-state index contributed by atoms with van der Waals surface area (Å²) >= 11 is 0. The van der Waals surface area contributed by atoms with Crippen LogP contribution in [-0.4, -0.2) is 11.1 Å². The lowest BCUT2D eigenvalue weighted by molar-refractivity contribution is 0.0696. The summed E-state index contributed by atoms with van der Waals surface area (Å²) in [6, 6.07) is 7.40. The first-order chi connectivity index (χ1) is 8.08.